The van der Waals surface area contributed by atoms with Crippen molar-refractivity contribution in [2.75, 3.05) is 0 Å². The molecular weight excluding hydrogens is 448 g/mol. The topological polar surface area (TPSA) is 118 Å². The minimum absolute atomic E-state index is 0.0440. The van der Waals surface area contributed by atoms with Gasteiger partial charge in [-0.25, -0.2) is 0 Å². The summed E-state index contributed by atoms with van der Waals surface area (Å²) < 4.78 is 0. The number of amides is 4. The molecule has 2 aromatic rings. The van der Waals surface area contributed by atoms with Crippen molar-refractivity contribution in [2.24, 2.45) is 0 Å². The van der Waals surface area contributed by atoms with E-state index in [1.165, 1.54) is 12.1 Å². The van der Waals surface area contributed by atoms with E-state index in [-0.39, 0.29) is 42.2 Å². The first-order valence-corrected chi connectivity index (χ1v) is 11.5. The lowest BCUT2D eigenvalue weighted by Crippen LogP contribution is -2.54. The highest BCUT2D eigenvalue weighted by Gasteiger charge is 2.44. The fraction of sp³-hybridized carbons (Fsp3) is 0.333. The zero-order valence-corrected chi connectivity index (χ0v) is 19.8. The van der Waals surface area contributed by atoms with E-state index >= 15 is 0 Å². The highest BCUT2D eigenvalue weighted by Crippen LogP contribution is 2.29. The number of fused-ring (bicyclic) bond motifs is 1. The van der Waals surface area contributed by atoms with Crippen LogP contribution in [0.4, 0.5) is 0 Å². The third kappa shape index (κ3) is 4.69. The van der Waals surface area contributed by atoms with Crippen molar-refractivity contribution >= 4 is 35.2 Å². The van der Waals surface area contributed by atoms with Gasteiger partial charge in [0.25, 0.3) is 11.8 Å². The molecule has 1 atom stereocenters. The van der Waals surface area contributed by atoms with Crippen LogP contribution in [0.15, 0.2) is 42.5 Å². The molecule has 4 rings (SSSR count). The maximum absolute atomic E-state index is 12.9. The first kappa shape index (κ1) is 24.2. The fourth-order valence-corrected chi connectivity index (χ4v) is 4.33. The van der Waals surface area contributed by atoms with Crippen LogP contribution in [0.1, 0.15) is 82.2 Å². The minimum Gasteiger partial charge on any atom is -0.295 e. The van der Waals surface area contributed by atoms with E-state index in [1.807, 2.05) is 12.1 Å². The van der Waals surface area contributed by atoms with Gasteiger partial charge in [-0.2, -0.15) is 0 Å². The summed E-state index contributed by atoms with van der Waals surface area (Å²) in [6, 6.07) is 10.6. The van der Waals surface area contributed by atoms with Gasteiger partial charge < -0.3 is 0 Å². The van der Waals surface area contributed by atoms with E-state index in [2.05, 4.69) is 26.1 Å². The Labute approximate surface area is 202 Å². The number of hydrogen-bond acceptors (Lipinski definition) is 6. The van der Waals surface area contributed by atoms with Gasteiger partial charge in [0.2, 0.25) is 23.4 Å². The molecule has 0 spiro atoms. The van der Waals surface area contributed by atoms with Crippen LogP contribution < -0.4 is 5.32 Å². The van der Waals surface area contributed by atoms with Crippen LogP contribution in [0.25, 0.3) is 0 Å². The summed E-state index contributed by atoms with van der Waals surface area (Å²) in [4.78, 5) is 75.3. The molecule has 0 aromatic heterocycles. The molecular formula is C27H26N2O6. The van der Waals surface area contributed by atoms with Crippen molar-refractivity contribution in [3.05, 3.63) is 70.3 Å². The molecule has 2 aromatic carbocycles. The van der Waals surface area contributed by atoms with E-state index in [9.17, 15) is 28.8 Å². The van der Waals surface area contributed by atoms with Gasteiger partial charge in [0, 0.05) is 18.4 Å². The molecule has 0 radical (unpaired) electrons. The number of carbonyl (C=O) groups excluding carboxylic acids is 6. The number of ketones is 2. The number of nitrogens with zero attached hydrogens (tertiary/aromatic N) is 1. The summed E-state index contributed by atoms with van der Waals surface area (Å²) in [6.07, 6.45) is 0.302. The average Bonchev–Trinajstić information content (AvgIpc) is 3.06. The molecule has 0 aliphatic carbocycles. The Kier molecular flexibility index (Phi) is 6.23. The van der Waals surface area contributed by atoms with Crippen molar-refractivity contribution < 1.29 is 28.8 Å². The SMILES string of the molecule is CC(C)(C)c1ccc(C(=O)C(=O)CCc2ccc3c(c2)C(=O)N(C2CCC(=O)NC2=O)C3=O)cc1. The lowest BCUT2D eigenvalue weighted by atomic mass is 9.86. The average molecular weight is 475 g/mol. The lowest BCUT2D eigenvalue weighted by molar-refractivity contribution is -0.136. The minimum atomic E-state index is -1.03. The highest BCUT2D eigenvalue weighted by atomic mass is 16.2. The van der Waals surface area contributed by atoms with Gasteiger partial charge in [0.15, 0.2) is 0 Å². The first-order chi connectivity index (χ1) is 16.5. The predicted octanol–water partition coefficient (Wildman–Crippen LogP) is 2.77. The van der Waals surface area contributed by atoms with Crippen LogP contribution >= 0.6 is 0 Å². The molecule has 2 aliphatic rings. The largest absolute Gasteiger partial charge is 0.295 e. The second kappa shape index (κ2) is 9.02. The Hall–Kier alpha value is -3.94. The summed E-state index contributed by atoms with van der Waals surface area (Å²) in [6.45, 7) is 6.19. The van der Waals surface area contributed by atoms with Gasteiger partial charge in [-0.05, 0) is 41.5 Å². The summed E-state index contributed by atoms with van der Waals surface area (Å²) in [7, 11) is 0. The van der Waals surface area contributed by atoms with E-state index in [4.69, 9.17) is 0 Å². The summed E-state index contributed by atoms with van der Waals surface area (Å²) in [5, 5.41) is 2.16. The Morgan fingerprint density at radius 1 is 0.943 bits per heavy atom. The number of imide groups is 2. The summed E-state index contributed by atoms with van der Waals surface area (Å²) in [5.41, 5.74) is 2.27. The van der Waals surface area contributed by atoms with Crippen LogP contribution in [-0.4, -0.2) is 46.1 Å². The third-order valence-electron chi connectivity index (χ3n) is 6.41. The van der Waals surface area contributed by atoms with Crippen LogP contribution in [-0.2, 0) is 26.2 Å². The number of hydrogen-bond donors (Lipinski definition) is 1. The summed E-state index contributed by atoms with van der Waals surface area (Å²) >= 11 is 0. The molecule has 8 heteroatoms. The van der Waals surface area contributed by atoms with Gasteiger partial charge in [0.1, 0.15) is 6.04 Å². The quantitative estimate of drug-likeness (QED) is 0.391. The number of Topliss-reactive ketones (excluding diaryl/α,β-unsaturated/α-hetero) is 2. The molecule has 8 nitrogen and oxygen atoms in total. The Morgan fingerprint density at radius 2 is 1.60 bits per heavy atom. The van der Waals surface area contributed by atoms with E-state index in [1.54, 1.807) is 18.2 Å². The molecule has 1 unspecified atom stereocenters. The predicted molar refractivity (Wildman–Crippen MR) is 126 cm³/mol. The van der Waals surface area contributed by atoms with Crippen molar-refractivity contribution in [1.29, 1.82) is 0 Å². The Morgan fingerprint density at radius 3 is 2.23 bits per heavy atom. The van der Waals surface area contributed by atoms with E-state index < -0.39 is 41.2 Å². The van der Waals surface area contributed by atoms with Crippen molar-refractivity contribution in [1.82, 2.24) is 10.2 Å². The zero-order chi connectivity index (χ0) is 25.5. The third-order valence-corrected chi connectivity index (χ3v) is 6.41. The first-order valence-electron chi connectivity index (χ1n) is 11.5. The maximum atomic E-state index is 12.9. The molecule has 1 fully saturated rings. The fourth-order valence-electron chi connectivity index (χ4n) is 4.33. The van der Waals surface area contributed by atoms with Gasteiger partial charge in [-0.3, -0.25) is 39.0 Å². The molecule has 4 amide bonds. The van der Waals surface area contributed by atoms with Crippen LogP contribution in [0.3, 0.4) is 0 Å². The molecule has 1 saturated heterocycles. The molecule has 180 valence electrons. The normalized spacial score (nSPS) is 17.9. The van der Waals surface area contributed by atoms with Gasteiger partial charge in [-0.1, -0.05) is 51.1 Å². The van der Waals surface area contributed by atoms with Gasteiger partial charge >= 0.3 is 0 Å². The number of aryl methyl sites for hydroxylation is 1. The molecule has 0 saturated carbocycles. The monoisotopic (exact) mass is 474 g/mol. The molecule has 1 N–H and O–H groups in total. The highest BCUT2D eigenvalue weighted by molar-refractivity contribution is 6.43. The number of benzene rings is 2. The van der Waals surface area contributed by atoms with Crippen LogP contribution in [0.5, 0.6) is 0 Å². The molecule has 0 bridgehead atoms. The number of nitrogens with one attached hydrogen (secondary N) is 1. The Bertz CT molecular complexity index is 1270. The van der Waals surface area contributed by atoms with E-state index in [0.717, 1.165) is 10.5 Å². The smallest absolute Gasteiger partial charge is 0.262 e. The van der Waals surface area contributed by atoms with Crippen molar-refractivity contribution in [2.45, 2.75) is 57.9 Å². The second-order valence-electron chi connectivity index (χ2n) is 9.91. The van der Waals surface area contributed by atoms with Crippen molar-refractivity contribution in [3.8, 4) is 0 Å². The molecule has 2 heterocycles. The van der Waals surface area contributed by atoms with Gasteiger partial charge in [0.05, 0.1) is 11.1 Å². The molecule has 35 heavy (non-hydrogen) atoms. The van der Waals surface area contributed by atoms with Crippen LogP contribution in [0, 0.1) is 0 Å². The van der Waals surface area contributed by atoms with Crippen molar-refractivity contribution in [3.63, 3.8) is 0 Å². The van der Waals surface area contributed by atoms with E-state index in [0.29, 0.717) is 11.1 Å². The Balaban J connectivity index is 1.43. The lowest BCUT2D eigenvalue weighted by Gasteiger charge is -2.27. The number of piperidine rings is 1. The number of rotatable bonds is 6. The van der Waals surface area contributed by atoms with Crippen LogP contribution in [0.2, 0.25) is 0 Å². The van der Waals surface area contributed by atoms with Gasteiger partial charge in [-0.15, -0.1) is 0 Å². The standard InChI is InChI=1S/C27H26N2O6/c1-27(2,3)17-8-6-16(7-9-17)23(32)21(30)12-5-15-4-10-18-19(14-15)26(35)29(25(18)34)20-11-13-22(31)28-24(20)33/h4,6-10,14,20H,5,11-13H2,1-3H3,(H,28,31,33). The summed E-state index contributed by atoms with van der Waals surface area (Å²) in [5.74, 6) is -3.41. The maximum Gasteiger partial charge on any atom is 0.262 e. The second-order valence-corrected chi connectivity index (χ2v) is 9.91. The number of carbonyl (C=O) groups is 6. The molecule has 2 aliphatic heterocycles. The zero-order valence-electron chi connectivity index (χ0n) is 19.8.